The van der Waals surface area contributed by atoms with Crippen LogP contribution in [0.4, 0.5) is 11.4 Å². The van der Waals surface area contributed by atoms with Crippen LogP contribution in [0.2, 0.25) is 0 Å². The fourth-order valence-electron chi connectivity index (χ4n) is 7.43. The van der Waals surface area contributed by atoms with E-state index in [1.54, 1.807) is 0 Å². The van der Waals surface area contributed by atoms with E-state index in [0.717, 1.165) is 18.5 Å². The van der Waals surface area contributed by atoms with Gasteiger partial charge in [-0.25, -0.2) is 0 Å². The lowest BCUT2D eigenvalue weighted by Crippen LogP contribution is -2.17. The SMILES string of the molecule is C1=CC2=CC=C(c3cccc(-c4ccc(N(C5=C[C@H](c6ccccc6)CC=C5)c5ccc6c(c5)sc5ccccc56)cc4)c3)CC2C=C1. The van der Waals surface area contributed by atoms with Gasteiger partial charge in [-0.1, -0.05) is 134 Å². The van der Waals surface area contributed by atoms with Crippen molar-refractivity contribution in [1.29, 1.82) is 0 Å². The van der Waals surface area contributed by atoms with Crippen molar-refractivity contribution in [1.82, 2.24) is 0 Å². The van der Waals surface area contributed by atoms with Gasteiger partial charge in [0, 0.05) is 49.1 Å². The summed E-state index contributed by atoms with van der Waals surface area (Å²) in [5.74, 6) is 0.809. The molecule has 1 nitrogen and oxygen atoms in total. The molecular formula is C46H35NS. The van der Waals surface area contributed by atoms with Crippen molar-refractivity contribution >= 4 is 48.5 Å². The zero-order valence-electron chi connectivity index (χ0n) is 26.7. The second-order valence-corrected chi connectivity index (χ2v) is 14.0. The van der Waals surface area contributed by atoms with Gasteiger partial charge < -0.3 is 4.90 Å². The summed E-state index contributed by atoms with van der Waals surface area (Å²) in [5.41, 5.74) is 11.5. The highest BCUT2D eigenvalue weighted by Crippen LogP contribution is 2.41. The Labute approximate surface area is 286 Å². The maximum atomic E-state index is 2.44. The minimum atomic E-state index is 0.337. The highest BCUT2D eigenvalue weighted by molar-refractivity contribution is 7.25. The lowest BCUT2D eigenvalue weighted by atomic mass is 9.82. The Morgan fingerprint density at radius 2 is 1.40 bits per heavy atom. The van der Waals surface area contributed by atoms with E-state index in [1.807, 2.05) is 11.3 Å². The molecule has 0 N–H and O–H groups in total. The van der Waals surface area contributed by atoms with E-state index in [4.69, 9.17) is 0 Å². The first-order chi connectivity index (χ1) is 23.8. The first-order valence-electron chi connectivity index (χ1n) is 16.9. The first-order valence-corrected chi connectivity index (χ1v) is 17.7. The van der Waals surface area contributed by atoms with Gasteiger partial charge in [0.25, 0.3) is 0 Å². The van der Waals surface area contributed by atoms with Gasteiger partial charge in [-0.2, -0.15) is 0 Å². The molecule has 0 radical (unpaired) electrons. The van der Waals surface area contributed by atoms with E-state index in [2.05, 4.69) is 181 Å². The zero-order chi connectivity index (χ0) is 31.9. The fraction of sp³-hybridized carbons (Fsp3) is 0.0870. The third kappa shape index (κ3) is 5.39. The molecule has 0 aliphatic heterocycles. The molecule has 0 fully saturated rings. The molecule has 2 atom stereocenters. The Balaban J connectivity index is 1.09. The number of benzene rings is 5. The number of hydrogen-bond acceptors (Lipinski definition) is 2. The summed E-state index contributed by atoms with van der Waals surface area (Å²) >= 11 is 1.87. The maximum Gasteiger partial charge on any atom is 0.0475 e. The number of rotatable bonds is 6. The van der Waals surface area contributed by atoms with Crippen molar-refractivity contribution in [3.63, 3.8) is 0 Å². The van der Waals surface area contributed by atoms with Gasteiger partial charge in [0.05, 0.1) is 0 Å². The van der Waals surface area contributed by atoms with E-state index in [-0.39, 0.29) is 0 Å². The fourth-order valence-corrected chi connectivity index (χ4v) is 8.57. The summed E-state index contributed by atoms with van der Waals surface area (Å²) in [4.78, 5) is 2.43. The Hall–Kier alpha value is -5.44. The molecule has 0 amide bonds. The predicted molar refractivity (Wildman–Crippen MR) is 207 cm³/mol. The highest BCUT2D eigenvalue weighted by Gasteiger charge is 2.21. The Bertz CT molecular complexity index is 2340. The highest BCUT2D eigenvalue weighted by atomic mass is 32.1. The van der Waals surface area contributed by atoms with E-state index in [1.165, 1.54) is 65.0 Å². The average Bonchev–Trinajstić information content (AvgIpc) is 3.54. The number of nitrogens with zero attached hydrogens (tertiary/aromatic N) is 1. The van der Waals surface area contributed by atoms with Gasteiger partial charge in [-0.15, -0.1) is 11.3 Å². The van der Waals surface area contributed by atoms with Crippen LogP contribution in [-0.2, 0) is 0 Å². The summed E-state index contributed by atoms with van der Waals surface area (Å²) < 4.78 is 2.64. The first kappa shape index (κ1) is 28.8. The lowest BCUT2D eigenvalue weighted by Gasteiger charge is -2.30. The Morgan fingerprint density at radius 1 is 0.583 bits per heavy atom. The van der Waals surface area contributed by atoms with Crippen LogP contribution in [0.1, 0.15) is 29.9 Å². The van der Waals surface area contributed by atoms with Crippen molar-refractivity contribution in [3.8, 4) is 11.1 Å². The van der Waals surface area contributed by atoms with Gasteiger partial charge in [-0.3, -0.25) is 0 Å². The van der Waals surface area contributed by atoms with Gasteiger partial charge in [0.15, 0.2) is 0 Å². The number of allylic oxidation sites excluding steroid dienone is 11. The van der Waals surface area contributed by atoms with Crippen LogP contribution >= 0.6 is 11.3 Å². The number of anilines is 2. The normalized spacial score (nSPS) is 18.4. The minimum Gasteiger partial charge on any atom is -0.311 e. The molecule has 1 heterocycles. The Morgan fingerprint density at radius 3 is 2.31 bits per heavy atom. The molecule has 0 spiro atoms. The second-order valence-electron chi connectivity index (χ2n) is 12.9. The molecule has 0 bridgehead atoms. The summed E-state index contributed by atoms with van der Waals surface area (Å²) in [6, 6.07) is 44.7. The molecule has 230 valence electrons. The van der Waals surface area contributed by atoms with Crippen LogP contribution in [0.25, 0.3) is 36.9 Å². The number of thiophene rings is 1. The van der Waals surface area contributed by atoms with Crippen molar-refractivity contribution in [2.45, 2.75) is 18.8 Å². The largest absolute Gasteiger partial charge is 0.311 e. The molecule has 0 saturated carbocycles. The Kier molecular flexibility index (Phi) is 7.37. The summed E-state index contributed by atoms with van der Waals surface area (Å²) in [6.45, 7) is 0. The van der Waals surface area contributed by atoms with E-state index in [0.29, 0.717) is 11.8 Å². The third-order valence-corrected chi connectivity index (χ3v) is 11.1. The minimum absolute atomic E-state index is 0.337. The van der Waals surface area contributed by atoms with E-state index in [9.17, 15) is 0 Å². The topological polar surface area (TPSA) is 3.24 Å². The van der Waals surface area contributed by atoms with Crippen LogP contribution in [0.15, 0.2) is 187 Å². The standard InChI is InChI=1S/C46H35NS/c1-2-10-32(11-3-1)38-16-9-17-41(30-38)47(42-26-27-44-43-18-6-7-19-45(43)48-46(44)31-42)40-24-22-34(23-25-40)36-14-8-15-37(28-36)39-21-20-33-12-4-5-13-35(33)29-39/h1-15,17-28,30-31,35,38H,16,29H2/t35?,38-/m1/s1. The number of fused-ring (bicyclic) bond motifs is 4. The molecule has 3 aliphatic carbocycles. The van der Waals surface area contributed by atoms with Crippen molar-refractivity contribution in [2.75, 3.05) is 4.90 Å². The van der Waals surface area contributed by atoms with Gasteiger partial charge in [-0.05, 0) is 88.7 Å². The predicted octanol–water partition coefficient (Wildman–Crippen LogP) is 12.9. The summed E-state index contributed by atoms with van der Waals surface area (Å²) in [5, 5.41) is 2.65. The van der Waals surface area contributed by atoms with Gasteiger partial charge >= 0.3 is 0 Å². The molecule has 6 aromatic rings. The third-order valence-electron chi connectivity index (χ3n) is 9.94. The molecule has 48 heavy (non-hydrogen) atoms. The number of hydrogen-bond donors (Lipinski definition) is 0. The average molecular weight is 634 g/mol. The van der Waals surface area contributed by atoms with Crippen LogP contribution in [-0.4, -0.2) is 0 Å². The van der Waals surface area contributed by atoms with Crippen molar-refractivity contribution < 1.29 is 0 Å². The van der Waals surface area contributed by atoms with Crippen molar-refractivity contribution in [3.05, 3.63) is 198 Å². The molecule has 2 heteroatoms. The molecule has 3 aliphatic rings. The van der Waals surface area contributed by atoms with Gasteiger partial charge in [0.1, 0.15) is 0 Å². The summed E-state index contributed by atoms with van der Waals surface area (Å²) in [6.07, 6.45) is 22.6. The molecule has 0 saturated heterocycles. The molecule has 9 rings (SSSR count). The van der Waals surface area contributed by atoms with Crippen molar-refractivity contribution in [2.24, 2.45) is 5.92 Å². The molecule has 5 aromatic carbocycles. The molecule has 1 unspecified atom stereocenters. The van der Waals surface area contributed by atoms with Crippen LogP contribution in [0, 0.1) is 5.92 Å². The van der Waals surface area contributed by atoms with Gasteiger partial charge in [0.2, 0.25) is 0 Å². The van der Waals surface area contributed by atoms with Crippen LogP contribution in [0.5, 0.6) is 0 Å². The quantitative estimate of drug-likeness (QED) is 0.176. The lowest BCUT2D eigenvalue weighted by molar-refractivity contribution is 0.793. The van der Waals surface area contributed by atoms with E-state index < -0.39 is 0 Å². The van der Waals surface area contributed by atoms with E-state index >= 15 is 0 Å². The smallest absolute Gasteiger partial charge is 0.0475 e. The zero-order valence-corrected chi connectivity index (χ0v) is 27.5. The molecule has 1 aromatic heterocycles. The second kappa shape index (κ2) is 12.3. The molecular weight excluding hydrogens is 599 g/mol. The maximum absolute atomic E-state index is 2.44. The monoisotopic (exact) mass is 633 g/mol. The summed E-state index contributed by atoms with van der Waals surface area (Å²) in [7, 11) is 0. The van der Waals surface area contributed by atoms with Crippen LogP contribution < -0.4 is 4.90 Å². The van der Waals surface area contributed by atoms with Crippen LogP contribution in [0.3, 0.4) is 0 Å².